The number of ether oxygens (including phenoxy) is 1. The van der Waals surface area contributed by atoms with Crippen molar-refractivity contribution < 1.29 is 14.6 Å². The number of amides is 1. The van der Waals surface area contributed by atoms with Crippen molar-refractivity contribution in [1.82, 2.24) is 19.7 Å². The Morgan fingerprint density at radius 2 is 2.03 bits per heavy atom. The van der Waals surface area contributed by atoms with Gasteiger partial charge in [-0.05, 0) is 41.7 Å². The van der Waals surface area contributed by atoms with Crippen LogP contribution in [-0.4, -0.2) is 63.2 Å². The molecule has 1 aromatic heterocycles. The Kier molecular flexibility index (Phi) is 6.77. The van der Waals surface area contributed by atoms with Crippen LogP contribution < -0.4 is 0 Å². The van der Waals surface area contributed by atoms with Gasteiger partial charge in [-0.3, -0.25) is 9.36 Å². The number of rotatable bonds is 7. The lowest BCUT2D eigenvalue weighted by atomic mass is 10.0. The first kappa shape index (κ1) is 21.6. The summed E-state index contributed by atoms with van der Waals surface area (Å²) >= 11 is 1.39. The minimum Gasteiger partial charge on any atom is -0.507 e. The van der Waals surface area contributed by atoms with Crippen LogP contribution in [0.15, 0.2) is 41.6 Å². The van der Waals surface area contributed by atoms with E-state index in [-0.39, 0.29) is 11.7 Å². The number of hydrogen-bond acceptors (Lipinski definition) is 6. The molecule has 0 spiro atoms. The number of phenols is 1. The number of piperidine rings is 1. The summed E-state index contributed by atoms with van der Waals surface area (Å²) in [5, 5.41) is 22.0. The lowest BCUT2D eigenvalue weighted by Gasteiger charge is -2.30. The van der Waals surface area contributed by atoms with Crippen LogP contribution in [0, 0.1) is 5.92 Å². The molecule has 8 heteroatoms. The van der Waals surface area contributed by atoms with Crippen molar-refractivity contribution in [3.8, 4) is 17.1 Å². The SMILES string of the molecule is COCCn1c(SCC(=O)N2CCCC(C)C2)nnc1-c1cc2ccccc2cc1O. The highest BCUT2D eigenvalue weighted by atomic mass is 32.2. The van der Waals surface area contributed by atoms with Gasteiger partial charge in [0.1, 0.15) is 5.75 Å². The van der Waals surface area contributed by atoms with Crippen LogP contribution in [0.3, 0.4) is 0 Å². The van der Waals surface area contributed by atoms with Crippen molar-refractivity contribution in [3.05, 3.63) is 36.4 Å². The van der Waals surface area contributed by atoms with Gasteiger partial charge in [-0.15, -0.1) is 10.2 Å². The van der Waals surface area contributed by atoms with Gasteiger partial charge in [0.2, 0.25) is 5.91 Å². The summed E-state index contributed by atoms with van der Waals surface area (Å²) in [5.74, 6) is 1.73. The van der Waals surface area contributed by atoms with Crippen molar-refractivity contribution in [2.24, 2.45) is 5.92 Å². The Morgan fingerprint density at radius 1 is 1.26 bits per heavy atom. The molecule has 1 N–H and O–H groups in total. The average molecular weight is 441 g/mol. The molecule has 2 heterocycles. The first-order valence-corrected chi connectivity index (χ1v) is 11.6. The number of fused-ring (bicyclic) bond motifs is 1. The largest absolute Gasteiger partial charge is 0.507 e. The third-order valence-electron chi connectivity index (χ3n) is 5.68. The van der Waals surface area contributed by atoms with Gasteiger partial charge in [-0.25, -0.2) is 0 Å². The Hall–Kier alpha value is -2.58. The van der Waals surface area contributed by atoms with E-state index in [1.54, 1.807) is 13.2 Å². The molecule has 2 aromatic carbocycles. The summed E-state index contributed by atoms with van der Waals surface area (Å²) in [6.07, 6.45) is 2.24. The molecule has 1 amide bonds. The van der Waals surface area contributed by atoms with Crippen LogP contribution in [0.2, 0.25) is 0 Å². The number of likely N-dealkylation sites (tertiary alicyclic amines) is 1. The molecule has 1 fully saturated rings. The van der Waals surface area contributed by atoms with Crippen LogP contribution in [0.1, 0.15) is 19.8 Å². The van der Waals surface area contributed by atoms with Gasteiger partial charge in [0.05, 0.1) is 24.5 Å². The Balaban J connectivity index is 1.59. The van der Waals surface area contributed by atoms with Crippen LogP contribution >= 0.6 is 11.8 Å². The molecule has 7 nitrogen and oxygen atoms in total. The summed E-state index contributed by atoms with van der Waals surface area (Å²) in [6, 6.07) is 11.5. The summed E-state index contributed by atoms with van der Waals surface area (Å²) < 4.78 is 7.19. The maximum Gasteiger partial charge on any atom is 0.233 e. The number of benzene rings is 2. The summed E-state index contributed by atoms with van der Waals surface area (Å²) in [6.45, 7) is 4.85. The second-order valence-corrected chi connectivity index (χ2v) is 8.99. The number of hydrogen-bond donors (Lipinski definition) is 1. The fraction of sp³-hybridized carbons (Fsp3) is 0.435. The first-order valence-electron chi connectivity index (χ1n) is 10.6. The van der Waals surface area contributed by atoms with Crippen LogP contribution in [0.25, 0.3) is 22.2 Å². The van der Waals surface area contributed by atoms with Crippen LogP contribution in [0.4, 0.5) is 0 Å². The van der Waals surface area contributed by atoms with Crippen LogP contribution in [0.5, 0.6) is 5.75 Å². The van der Waals surface area contributed by atoms with E-state index < -0.39 is 0 Å². The number of carbonyl (C=O) groups excluding carboxylic acids is 1. The second-order valence-electron chi connectivity index (χ2n) is 8.04. The lowest BCUT2D eigenvalue weighted by molar-refractivity contribution is -0.130. The van der Waals surface area contributed by atoms with E-state index in [1.807, 2.05) is 39.8 Å². The third kappa shape index (κ3) is 4.85. The zero-order valence-corrected chi connectivity index (χ0v) is 18.8. The monoisotopic (exact) mass is 440 g/mol. The smallest absolute Gasteiger partial charge is 0.233 e. The highest BCUT2D eigenvalue weighted by Gasteiger charge is 2.23. The summed E-state index contributed by atoms with van der Waals surface area (Å²) in [7, 11) is 1.64. The van der Waals surface area contributed by atoms with Gasteiger partial charge in [-0.2, -0.15) is 0 Å². The van der Waals surface area contributed by atoms with E-state index in [4.69, 9.17) is 4.74 Å². The van der Waals surface area contributed by atoms with Gasteiger partial charge in [0.25, 0.3) is 0 Å². The molecule has 1 saturated heterocycles. The first-order chi connectivity index (χ1) is 15.1. The zero-order chi connectivity index (χ0) is 21.8. The summed E-state index contributed by atoms with van der Waals surface area (Å²) in [4.78, 5) is 14.7. The third-order valence-corrected chi connectivity index (χ3v) is 6.63. The molecule has 0 bridgehead atoms. The van der Waals surface area contributed by atoms with Gasteiger partial charge >= 0.3 is 0 Å². The maximum atomic E-state index is 12.7. The molecule has 3 aromatic rings. The topological polar surface area (TPSA) is 80.5 Å². The molecule has 1 aliphatic heterocycles. The van der Waals surface area contributed by atoms with Crippen molar-refractivity contribution in [1.29, 1.82) is 0 Å². The molecule has 0 saturated carbocycles. The van der Waals surface area contributed by atoms with E-state index in [1.165, 1.54) is 18.2 Å². The van der Waals surface area contributed by atoms with E-state index >= 15 is 0 Å². The van der Waals surface area contributed by atoms with E-state index in [2.05, 4.69) is 17.1 Å². The maximum absolute atomic E-state index is 12.7. The van der Waals surface area contributed by atoms with Crippen molar-refractivity contribution >= 4 is 28.4 Å². The lowest BCUT2D eigenvalue weighted by Crippen LogP contribution is -2.40. The van der Waals surface area contributed by atoms with Gasteiger partial charge in [-0.1, -0.05) is 43.0 Å². The minimum absolute atomic E-state index is 0.132. The number of thioether (sulfide) groups is 1. The summed E-state index contributed by atoms with van der Waals surface area (Å²) in [5.41, 5.74) is 0.616. The van der Waals surface area contributed by atoms with E-state index in [0.29, 0.717) is 41.4 Å². The molecular weight excluding hydrogens is 412 g/mol. The predicted molar refractivity (Wildman–Crippen MR) is 122 cm³/mol. The zero-order valence-electron chi connectivity index (χ0n) is 18.0. The number of methoxy groups -OCH3 is 1. The molecule has 0 radical (unpaired) electrons. The van der Waals surface area contributed by atoms with Gasteiger partial charge in [0, 0.05) is 20.2 Å². The van der Waals surface area contributed by atoms with Gasteiger partial charge < -0.3 is 14.7 Å². The molecule has 1 aliphatic rings. The normalized spacial score (nSPS) is 16.7. The second kappa shape index (κ2) is 9.70. The molecule has 1 atom stereocenters. The highest BCUT2D eigenvalue weighted by Crippen LogP contribution is 2.34. The van der Waals surface area contributed by atoms with Crippen LogP contribution in [-0.2, 0) is 16.1 Å². The molecule has 4 rings (SSSR count). The standard InChI is InChI=1S/C23H28N4O3S/c1-16-6-5-9-26(14-16)21(29)15-31-23-25-24-22(27(23)10-11-30-2)19-12-17-7-3-4-8-18(17)13-20(19)28/h3-4,7-8,12-13,16,28H,5-6,9-11,14-15H2,1-2H3. The van der Waals surface area contributed by atoms with E-state index in [0.717, 1.165) is 30.3 Å². The number of aromatic nitrogens is 3. The van der Waals surface area contributed by atoms with E-state index in [9.17, 15) is 9.90 Å². The number of nitrogens with zero attached hydrogens (tertiary/aromatic N) is 4. The Morgan fingerprint density at radius 3 is 2.77 bits per heavy atom. The van der Waals surface area contributed by atoms with Gasteiger partial charge in [0.15, 0.2) is 11.0 Å². The average Bonchev–Trinajstić information content (AvgIpc) is 3.17. The molecule has 0 aliphatic carbocycles. The fourth-order valence-corrected chi connectivity index (χ4v) is 4.89. The quantitative estimate of drug-likeness (QED) is 0.563. The highest BCUT2D eigenvalue weighted by molar-refractivity contribution is 7.99. The molecule has 164 valence electrons. The number of aromatic hydroxyl groups is 1. The molecule has 1 unspecified atom stereocenters. The molecule has 31 heavy (non-hydrogen) atoms. The molecular formula is C23H28N4O3S. The van der Waals surface area contributed by atoms with Crippen molar-refractivity contribution in [2.45, 2.75) is 31.5 Å². The van der Waals surface area contributed by atoms with Crippen molar-refractivity contribution in [2.75, 3.05) is 32.6 Å². The fourth-order valence-electron chi connectivity index (χ4n) is 4.02. The number of phenolic OH excluding ortho intramolecular Hbond substituents is 1. The minimum atomic E-state index is 0.132. The predicted octanol–water partition coefficient (Wildman–Crippen LogP) is 3.80. The Bertz CT molecular complexity index is 1070. The number of carbonyl (C=O) groups is 1. The van der Waals surface area contributed by atoms with Crippen molar-refractivity contribution in [3.63, 3.8) is 0 Å². The Labute approximate surface area is 186 Å².